The molecule has 0 saturated carbocycles. The predicted molar refractivity (Wildman–Crippen MR) is 68.9 cm³/mol. The number of aryl methyl sites for hydroxylation is 1. The molecule has 1 heterocycles. The molecule has 0 spiro atoms. The van der Waals surface area contributed by atoms with Crippen molar-refractivity contribution in [2.75, 3.05) is 5.32 Å². The van der Waals surface area contributed by atoms with E-state index in [1.54, 1.807) is 0 Å². The summed E-state index contributed by atoms with van der Waals surface area (Å²) < 4.78 is 0. The van der Waals surface area contributed by atoms with E-state index in [0.29, 0.717) is 11.3 Å². The molecule has 0 aliphatic rings. The molecule has 1 N–H and O–H groups in total. The van der Waals surface area contributed by atoms with Crippen molar-refractivity contribution in [1.29, 1.82) is 0 Å². The Balaban J connectivity index is 2.58. The van der Waals surface area contributed by atoms with E-state index in [4.69, 9.17) is 11.6 Å². The summed E-state index contributed by atoms with van der Waals surface area (Å²) >= 11 is 5.80. The van der Waals surface area contributed by atoms with Gasteiger partial charge in [-0.3, -0.25) is 0 Å². The molecule has 1 aromatic rings. The fourth-order valence-electron chi connectivity index (χ4n) is 1.69. The number of anilines is 1. The highest BCUT2D eigenvalue weighted by atomic mass is 35.5. The van der Waals surface area contributed by atoms with Gasteiger partial charge in [-0.15, -0.1) is 0 Å². The average Bonchev–Trinajstić information content (AvgIpc) is 2.15. The second-order valence-electron chi connectivity index (χ2n) is 4.46. The highest BCUT2D eigenvalue weighted by Crippen LogP contribution is 2.15. The van der Waals surface area contributed by atoms with Crippen LogP contribution in [0.1, 0.15) is 39.3 Å². The molecule has 0 aliphatic heterocycles. The Morgan fingerprint density at radius 3 is 2.62 bits per heavy atom. The lowest BCUT2D eigenvalue weighted by molar-refractivity contribution is 0.483. The fraction of sp³-hybridized carbons (Fsp3) is 0.667. The first-order valence-electron chi connectivity index (χ1n) is 5.79. The van der Waals surface area contributed by atoms with Crippen LogP contribution in [0.15, 0.2) is 6.07 Å². The number of nitrogens with one attached hydrogen (secondary N) is 1. The lowest BCUT2D eigenvalue weighted by Gasteiger charge is -2.18. The number of halogens is 1. The number of hydrogen-bond donors (Lipinski definition) is 1. The van der Waals surface area contributed by atoms with Crippen LogP contribution < -0.4 is 5.32 Å². The van der Waals surface area contributed by atoms with E-state index in [9.17, 15) is 0 Å². The standard InChI is InChI=1S/C12H20ClN3/c1-5-8(2)6-9(3)14-11-7-10(4)15-12(13)16-11/h7-9H,5-6H2,1-4H3,(H,14,15,16). The van der Waals surface area contributed by atoms with Crippen molar-refractivity contribution in [2.24, 2.45) is 5.92 Å². The number of hydrogen-bond acceptors (Lipinski definition) is 3. The van der Waals surface area contributed by atoms with Gasteiger partial charge < -0.3 is 5.32 Å². The maximum atomic E-state index is 5.80. The first kappa shape index (κ1) is 13.2. The highest BCUT2D eigenvalue weighted by molar-refractivity contribution is 6.28. The van der Waals surface area contributed by atoms with Gasteiger partial charge in [-0.1, -0.05) is 20.3 Å². The quantitative estimate of drug-likeness (QED) is 0.800. The summed E-state index contributed by atoms with van der Waals surface area (Å²) in [4.78, 5) is 8.18. The van der Waals surface area contributed by atoms with Gasteiger partial charge in [-0.05, 0) is 37.8 Å². The number of aromatic nitrogens is 2. The van der Waals surface area contributed by atoms with Gasteiger partial charge in [0.05, 0.1) is 0 Å². The molecule has 0 fully saturated rings. The Labute approximate surface area is 103 Å². The molecule has 0 aliphatic carbocycles. The van der Waals surface area contributed by atoms with Crippen molar-refractivity contribution in [1.82, 2.24) is 9.97 Å². The highest BCUT2D eigenvalue weighted by Gasteiger charge is 2.08. The Bertz CT molecular complexity index is 321. The second kappa shape index (κ2) is 6.04. The normalized spacial score (nSPS) is 14.6. The summed E-state index contributed by atoms with van der Waals surface area (Å²) in [6, 6.07) is 2.32. The third kappa shape index (κ3) is 4.35. The molecule has 0 aromatic carbocycles. The van der Waals surface area contributed by atoms with Crippen molar-refractivity contribution in [3.8, 4) is 0 Å². The van der Waals surface area contributed by atoms with Crippen molar-refractivity contribution in [3.63, 3.8) is 0 Å². The summed E-state index contributed by atoms with van der Waals surface area (Å²) in [5, 5.41) is 3.66. The maximum Gasteiger partial charge on any atom is 0.224 e. The predicted octanol–water partition coefficient (Wildman–Crippen LogP) is 3.68. The van der Waals surface area contributed by atoms with E-state index in [2.05, 4.69) is 36.1 Å². The Morgan fingerprint density at radius 1 is 1.38 bits per heavy atom. The van der Waals surface area contributed by atoms with E-state index < -0.39 is 0 Å². The summed E-state index contributed by atoms with van der Waals surface area (Å²) in [5.74, 6) is 1.54. The van der Waals surface area contributed by atoms with Crippen LogP contribution in [-0.2, 0) is 0 Å². The molecule has 0 radical (unpaired) electrons. The molecular weight excluding hydrogens is 222 g/mol. The largest absolute Gasteiger partial charge is 0.367 e. The minimum atomic E-state index is 0.304. The van der Waals surface area contributed by atoms with E-state index in [0.717, 1.165) is 23.9 Å². The van der Waals surface area contributed by atoms with Gasteiger partial charge >= 0.3 is 0 Å². The van der Waals surface area contributed by atoms with Gasteiger partial charge in [-0.25, -0.2) is 9.97 Å². The molecule has 0 amide bonds. The van der Waals surface area contributed by atoms with Crippen LogP contribution in [-0.4, -0.2) is 16.0 Å². The molecule has 4 heteroatoms. The molecule has 1 rings (SSSR count). The van der Waals surface area contributed by atoms with E-state index in [1.807, 2.05) is 13.0 Å². The fourth-order valence-corrected chi connectivity index (χ4v) is 1.91. The molecular formula is C12H20ClN3. The summed E-state index contributed by atoms with van der Waals surface area (Å²) in [5.41, 5.74) is 0.887. The zero-order chi connectivity index (χ0) is 12.1. The minimum Gasteiger partial charge on any atom is -0.367 e. The smallest absolute Gasteiger partial charge is 0.224 e. The van der Waals surface area contributed by atoms with Crippen molar-refractivity contribution in [3.05, 3.63) is 17.0 Å². The van der Waals surface area contributed by atoms with Crippen LogP contribution in [0.25, 0.3) is 0 Å². The lowest BCUT2D eigenvalue weighted by atomic mass is 10.0. The van der Waals surface area contributed by atoms with Crippen LogP contribution >= 0.6 is 11.6 Å². The Kier molecular flexibility index (Phi) is 5.00. The monoisotopic (exact) mass is 241 g/mol. The summed E-state index contributed by atoms with van der Waals surface area (Å²) in [6.45, 7) is 8.55. The zero-order valence-corrected chi connectivity index (χ0v) is 11.2. The van der Waals surface area contributed by atoms with E-state index in [1.165, 1.54) is 6.42 Å². The van der Waals surface area contributed by atoms with Gasteiger partial charge in [0.2, 0.25) is 5.28 Å². The van der Waals surface area contributed by atoms with Crippen molar-refractivity contribution in [2.45, 2.75) is 46.6 Å². The van der Waals surface area contributed by atoms with Crippen LogP contribution in [0.2, 0.25) is 5.28 Å². The molecule has 0 saturated heterocycles. The molecule has 90 valence electrons. The van der Waals surface area contributed by atoms with Crippen molar-refractivity contribution < 1.29 is 0 Å². The first-order chi connectivity index (χ1) is 7.51. The van der Waals surface area contributed by atoms with Crippen LogP contribution in [0.5, 0.6) is 0 Å². The first-order valence-corrected chi connectivity index (χ1v) is 6.16. The summed E-state index contributed by atoms with van der Waals surface area (Å²) in [7, 11) is 0. The van der Waals surface area contributed by atoms with E-state index >= 15 is 0 Å². The molecule has 0 bridgehead atoms. The van der Waals surface area contributed by atoms with Crippen LogP contribution in [0.3, 0.4) is 0 Å². The van der Waals surface area contributed by atoms with Gasteiger partial charge in [0.15, 0.2) is 0 Å². The third-order valence-corrected chi connectivity index (χ3v) is 2.84. The van der Waals surface area contributed by atoms with Gasteiger partial charge in [0.1, 0.15) is 5.82 Å². The third-order valence-electron chi connectivity index (χ3n) is 2.67. The maximum absolute atomic E-state index is 5.80. The molecule has 2 atom stereocenters. The van der Waals surface area contributed by atoms with Gasteiger partial charge in [0.25, 0.3) is 0 Å². The number of nitrogens with zero attached hydrogens (tertiary/aromatic N) is 2. The van der Waals surface area contributed by atoms with Crippen LogP contribution in [0, 0.1) is 12.8 Å². The van der Waals surface area contributed by atoms with Crippen molar-refractivity contribution >= 4 is 17.4 Å². The molecule has 3 nitrogen and oxygen atoms in total. The van der Waals surface area contributed by atoms with Crippen LogP contribution in [0.4, 0.5) is 5.82 Å². The average molecular weight is 242 g/mol. The summed E-state index contributed by atoms with van der Waals surface area (Å²) in [6.07, 6.45) is 2.34. The minimum absolute atomic E-state index is 0.304. The zero-order valence-electron chi connectivity index (χ0n) is 10.4. The topological polar surface area (TPSA) is 37.8 Å². The SMILES string of the molecule is CCC(C)CC(C)Nc1cc(C)nc(Cl)n1. The Hall–Kier alpha value is -0.830. The number of rotatable bonds is 5. The second-order valence-corrected chi connectivity index (χ2v) is 4.80. The van der Waals surface area contributed by atoms with E-state index in [-0.39, 0.29) is 0 Å². The Morgan fingerprint density at radius 2 is 2.06 bits per heavy atom. The van der Waals surface area contributed by atoms with Gasteiger partial charge in [-0.2, -0.15) is 0 Å². The molecule has 1 aromatic heterocycles. The molecule has 2 unspecified atom stereocenters. The molecule has 16 heavy (non-hydrogen) atoms. The lowest BCUT2D eigenvalue weighted by Crippen LogP contribution is -2.19. The van der Waals surface area contributed by atoms with Gasteiger partial charge in [0, 0.05) is 17.8 Å².